The molecule has 0 radical (unpaired) electrons. The van der Waals surface area contributed by atoms with E-state index in [1.165, 1.54) is 6.07 Å². The van der Waals surface area contributed by atoms with Crippen molar-refractivity contribution in [2.75, 3.05) is 9.96 Å². The summed E-state index contributed by atoms with van der Waals surface area (Å²) >= 11 is 12.3. The number of fused-ring (bicyclic) bond motifs is 1. The fraction of sp³-hybridized carbons (Fsp3) is 0.130. The Hall–Kier alpha value is -2.86. The molecule has 0 aromatic heterocycles. The van der Waals surface area contributed by atoms with Crippen LogP contribution in [0.5, 0.6) is 0 Å². The summed E-state index contributed by atoms with van der Waals surface area (Å²) < 4.78 is 0. The average molecular weight is 439 g/mol. The zero-order valence-electron chi connectivity index (χ0n) is 15.6. The SMILES string of the molecule is O=C1[C@@H]2[C@H](ON(c3ccccc3)[C@@H]2c2ccccc2)C(=O)N1c1ccc(Cl)cc1Cl. The van der Waals surface area contributed by atoms with E-state index in [9.17, 15) is 9.59 Å². The van der Waals surface area contributed by atoms with Crippen LogP contribution < -0.4 is 9.96 Å². The van der Waals surface area contributed by atoms with Crippen LogP contribution in [-0.4, -0.2) is 17.9 Å². The standard InChI is InChI=1S/C23H16Cl2N2O3/c24-15-11-12-18(17(25)13-15)26-22(28)19-20(14-7-3-1-4-8-14)27(30-21(19)23(26)29)16-9-5-2-6-10-16/h1-13,19-21H/t19-,20+,21-/m0/s1. The smallest absolute Gasteiger partial charge is 0.266 e. The highest BCUT2D eigenvalue weighted by atomic mass is 35.5. The molecule has 3 atom stereocenters. The summed E-state index contributed by atoms with van der Waals surface area (Å²) in [6, 6.07) is 23.3. The van der Waals surface area contributed by atoms with E-state index in [2.05, 4.69) is 0 Å². The lowest BCUT2D eigenvalue weighted by Crippen LogP contribution is -2.37. The first-order chi connectivity index (χ1) is 14.6. The molecular weight excluding hydrogens is 423 g/mol. The van der Waals surface area contributed by atoms with Gasteiger partial charge in [0.15, 0.2) is 6.10 Å². The Bertz CT molecular complexity index is 1120. The second-order valence-electron chi connectivity index (χ2n) is 7.18. The van der Waals surface area contributed by atoms with Crippen LogP contribution in [0.1, 0.15) is 11.6 Å². The molecule has 0 bridgehead atoms. The van der Waals surface area contributed by atoms with Crippen molar-refractivity contribution in [2.45, 2.75) is 12.1 Å². The predicted molar refractivity (Wildman–Crippen MR) is 115 cm³/mol. The Balaban J connectivity index is 1.59. The van der Waals surface area contributed by atoms with E-state index in [0.29, 0.717) is 10.7 Å². The molecule has 5 nitrogen and oxygen atoms in total. The maximum Gasteiger partial charge on any atom is 0.266 e. The monoisotopic (exact) mass is 438 g/mol. The highest BCUT2D eigenvalue weighted by Gasteiger charge is 2.60. The van der Waals surface area contributed by atoms with E-state index in [0.717, 1.165) is 16.2 Å². The van der Waals surface area contributed by atoms with Crippen LogP contribution in [0.2, 0.25) is 10.0 Å². The number of carbonyl (C=O) groups excluding carboxylic acids is 2. The number of nitrogens with zero attached hydrogens (tertiary/aromatic N) is 2. The third kappa shape index (κ3) is 2.98. The minimum absolute atomic E-state index is 0.236. The molecule has 3 aromatic carbocycles. The molecule has 2 amide bonds. The molecule has 2 saturated heterocycles. The summed E-state index contributed by atoms with van der Waals surface area (Å²) in [4.78, 5) is 34.0. The highest BCUT2D eigenvalue weighted by molar-refractivity contribution is 6.38. The van der Waals surface area contributed by atoms with E-state index < -0.39 is 24.0 Å². The van der Waals surface area contributed by atoms with E-state index in [1.54, 1.807) is 17.2 Å². The first kappa shape index (κ1) is 19.1. The topological polar surface area (TPSA) is 49.9 Å². The van der Waals surface area contributed by atoms with Gasteiger partial charge in [0.1, 0.15) is 5.92 Å². The van der Waals surface area contributed by atoms with Gasteiger partial charge in [-0.1, -0.05) is 71.7 Å². The molecule has 0 aliphatic carbocycles. The first-order valence-corrected chi connectivity index (χ1v) is 10.2. The zero-order valence-corrected chi connectivity index (χ0v) is 17.1. The maximum atomic E-state index is 13.5. The van der Waals surface area contributed by atoms with E-state index in [-0.39, 0.29) is 10.9 Å². The molecule has 0 spiro atoms. The molecule has 2 heterocycles. The van der Waals surface area contributed by atoms with Crippen molar-refractivity contribution in [3.8, 4) is 0 Å². The molecular formula is C23H16Cl2N2O3. The number of hydrogen-bond donors (Lipinski definition) is 0. The maximum absolute atomic E-state index is 13.5. The molecule has 2 fully saturated rings. The van der Waals surface area contributed by atoms with Gasteiger partial charge in [-0.15, -0.1) is 0 Å². The fourth-order valence-corrected chi connectivity index (χ4v) is 4.60. The van der Waals surface area contributed by atoms with Gasteiger partial charge in [-0.3, -0.25) is 14.4 Å². The normalized spacial score (nSPS) is 23.2. The Morgan fingerprint density at radius 1 is 0.800 bits per heavy atom. The lowest BCUT2D eigenvalue weighted by atomic mass is 9.90. The van der Waals surface area contributed by atoms with Crippen molar-refractivity contribution in [1.29, 1.82) is 0 Å². The molecule has 7 heteroatoms. The van der Waals surface area contributed by atoms with Crippen molar-refractivity contribution in [3.05, 3.63) is 94.5 Å². The molecule has 0 unspecified atom stereocenters. The molecule has 3 aromatic rings. The van der Waals surface area contributed by atoms with Crippen LogP contribution in [0.25, 0.3) is 0 Å². The summed E-state index contributed by atoms with van der Waals surface area (Å²) in [5.74, 6) is -1.48. The number of hydroxylamine groups is 1. The lowest BCUT2D eigenvalue weighted by Gasteiger charge is -2.28. The summed E-state index contributed by atoms with van der Waals surface area (Å²) in [7, 11) is 0. The van der Waals surface area contributed by atoms with Crippen LogP contribution in [0, 0.1) is 5.92 Å². The fourth-order valence-electron chi connectivity index (χ4n) is 4.10. The van der Waals surface area contributed by atoms with Gasteiger partial charge in [-0.2, -0.15) is 0 Å². The van der Waals surface area contributed by atoms with Crippen LogP contribution >= 0.6 is 23.2 Å². The van der Waals surface area contributed by atoms with Crippen molar-refractivity contribution in [1.82, 2.24) is 0 Å². The van der Waals surface area contributed by atoms with Gasteiger partial charge in [0.25, 0.3) is 5.91 Å². The van der Waals surface area contributed by atoms with Crippen molar-refractivity contribution >= 4 is 46.4 Å². The second-order valence-corrected chi connectivity index (χ2v) is 8.02. The van der Waals surface area contributed by atoms with Crippen LogP contribution in [0.15, 0.2) is 78.9 Å². The number of rotatable bonds is 3. The number of imide groups is 1. The van der Waals surface area contributed by atoms with E-state index in [4.69, 9.17) is 28.0 Å². The summed E-state index contributed by atoms with van der Waals surface area (Å²) in [6.45, 7) is 0. The summed E-state index contributed by atoms with van der Waals surface area (Å²) in [5, 5.41) is 2.33. The Kier molecular flexibility index (Phi) is 4.74. The van der Waals surface area contributed by atoms with E-state index in [1.807, 2.05) is 60.7 Å². The van der Waals surface area contributed by atoms with Crippen molar-refractivity contribution in [2.24, 2.45) is 5.92 Å². The van der Waals surface area contributed by atoms with Crippen molar-refractivity contribution in [3.63, 3.8) is 0 Å². The molecule has 2 aliphatic rings. The Morgan fingerprint density at radius 3 is 2.13 bits per heavy atom. The number of hydrogen-bond acceptors (Lipinski definition) is 4. The second kappa shape index (κ2) is 7.43. The van der Waals surface area contributed by atoms with E-state index >= 15 is 0 Å². The zero-order chi connectivity index (χ0) is 20.8. The number of amides is 2. The molecule has 0 saturated carbocycles. The molecule has 150 valence electrons. The van der Waals surface area contributed by atoms with Crippen LogP contribution in [0.4, 0.5) is 11.4 Å². The van der Waals surface area contributed by atoms with Gasteiger partial charge in [0.05, 0.1) is 22.4 Å². The van der Waals surface area contributed by atoms with Gasteiger partial charge in [-0.25, -0.2) is 9.96 Å². The minimum Gasteiger partial charge on any atom is -0.273 e. The van der Waals surface area contributed by atoms with Crippen LogP contribution in [-0.2, 0) is 14.4 Å². The largest absolute Gasteiger partial charge is 0.273 e. The summed E-state index contributed by atoms with van der Waals surface area (Å²) in [6.07, 6.45) is -0.936. The third-order valence-electron chi connectivity index (χ3n) is 5.42. The van der Waals surface area contributed by atoms with Gasteiger partial charge in [0, 0.05) is 5.02 Å². The number of para-hydroxylation sites is 1. The van der Waals surface area contributed by atoms with Crippen LogP contribution in [0.3, 0.4) is 0 Å². The number of anilines is 2. The Morgan fingerprint density at radius 2 is 1.47 bits per heavy atom. The minimum atomic E-state index is -0.936. The van der Waals surface area contributed by atoms with Gasteiger partial charge in [0.2, 0.25) is 5.91 Å². The summed E-state index contributed by atoms with van der Waals surface area (Å²) in [5.41, 5.74) is 1.98. The average Bonchev–Trinajstić information content (AvgIpc) is 3.26. The molecule has 30 heavy (non-hydrogen) atoms. The highest BCUT2D eigenvalue weighted by Crippen LogP contribution is 2.48. The van der Waals surface area contributed by atoms with Gasteiger partial charge in [-0.05, 0) is 35.9 Å². The predicted octanol–water partition coefficient (Wildman–Crippen LogP) is 5.04. The number of benzene rings is 3. The van der Waals surface area contributed by atoms with Gasteiger partial charge < -0.3 is 0 Å². The number of carbonyl (C=O) groups is 2. The van der Waals surface area contributed by atoms with Gasteiger partial charge >= 0.3 is 0 Å². The van der Waals surface area contributed by atoms with Crippen molar-refractivity contribution < 1.29 is 14.4 Å². The number of halogens is 2. The quantitative estimate of drug-likeness (QED) is 0.537. The Labute approximate surface area is 183 Å². The molecule has 0 N–H and O–H groups in total. The first-order valence-electron chi connectivity index (χ1n) is 9.45. The third-order valence-corrected chi connectivity index (χ3v) is 5.96. The molecule has 5 rings (SSSR count). The lowest BCUT2D eigenvalue weighted by molar-refractivity contribution is -0.126. The molecule has 2 aliphatic heterocycles.